The van der Waals surface area contributed by atoms with Crippen LogP contribution in [0.25, 0.3) is 0 Å². The second kappa shape index (κ2) is 3.18. The van der Waals surface area contributed by atoms with Gasteiger partial charge in [0.05, 0.1) is 0 Å². The number of piperidine rings is 1. The molecular formula is C7H16N2. The molecule has 2 heteroatoms. The van der Waals surface area contributed by atoms with E-state index in [1.165, 1.54) is 12.8 Å². The van der Waals surface area contributed by atoms with Crippen LogP contribution in [0.5, 0.6) is 0 Å². The van der Waals surface area contributed by atoms with Crippen LogP contribution in [0.15, 0.2) is 0 Å². The molecule has 0 unspecified atom stereocenters. The smallest absolute Gasteiger partial charge is 0.0192 e. The molecule has 0 radical (unpaired) electrons. The molecule has 2 atom stereocenters. The second-order valence-corrected chi connectivity index (χ2v) is 3.02. The average molecular weight is 128 g/mol. The maximum absolute atomic E-state index is 5.50. The second-order valence-electron chi connectivity index (χ2n) is 3.02. The van der Waals surface area contributed by atoms with E-state index in [2.05, 4.69) is 12.2 Å². The van der Waals surface area contributed by atoms with E-state index in [0.29, 0.717) is 6.04 Å². The van der Waals surface area contributed by atoms with Gasteiger partial charge in [-0.05, 0) is 25.3 Å². The van der Waals surface area contributed by atoms with Crippen molar-refractivity contribution < 1.29 is 0 Å². The lowest BCUT2D eigenvalue weighted by Crippen LogP contribution is -2.42. The summed E-state index contributed by atoms with van der Waals surface area (Å²) in [6.07, 6.45) is 2.58. The first-order valence-electron chi connectivity index (χ1n) is 3.76. The van der Waals surface area contributed by atoms with E-state index in [0.717, 1.165) is 19.0 Å². The number of nitrogens with two attached hydrogens (primary N) is 1. The Bertz CT molecular complexity index is 83.0. The SMILES string of the molecule is C[C@@H]1CCN[C@H](CN)C1. The van der Waals surface area contributed by atoms with Crippen LogP contribution in [0.1, 0.15) is 19.8 Å². The minimum Gasteiger partial charge on any atom is -0.329 e. The summed E-state index contributed by atoms with van der Waals surface area (Å²) in [7, 11) is 0. The van der Waals surface area contributed by atoms with Gasteiger partial charge in [-0.25, -0.2) is 0 Å². The van der Waals surface area contributed by atoms with E-state index in [-0.39, 0.29) is 0 Å². The van der Waals surface area contributed by atoms with Crippen molar-refractivity contribution in [1.82, 2.24) is 5.32 Å². The van der Waals surface area contributed by atoms with Gasteiger partial charge in [0.25, 0.3) is 0 Å². The van der Waals surface area contributed by atoms with Crippen molar-refractivity contribution in [2.45, 2.75) is 25.8 Å². The quantitative estimate of drug-likeness (QED) is 0.534. The summed E-state index contributed by atoms with van der Waals surface area (Å²) in [6.45, 7) is 4.25. The minimum atomic E-state index is 0.591. The lowest BCUT2D eigenvalue weighted by Gasteiger charge is -2.26. The fourth-order valence-corrected chi connectivity index (χ4v) is 1.40. The third-order valence-corrected chi connectivity index (χ3v) is 2.04. The summed E-state index contributed by atoms with van der Waals surface area (Å²) < 4.78 is 0. The van der Waals surface area contributed by atoms with E-state index >= 15 is 0 Å². The minimum absolute atomic E-state index is 0.591. The molecule has 0 bridgehead atoms. The first-order chi connectivity index (χ1) is 4.33. The molecule has 0 aromatic carbocycles. The highest BCUT2D eigenvalue weighted by molar-refractivity contribution is 4.76. The summed E-state index contributed by atoms with van der Waals surface area (Å²) in [5, 5.41) is 3.37. The highest BCUT2D eigenvalue weighted by atomic mass is 14.9. The molecule has 1 rings (SSSR count). The third-order valence-electron chi connectivity index (χ3n) is 2.04. The van der Waals surface area contributed by atoms with Gasteiger partial charge in [0, 0.05) is 12.6 Å². The highest BCUT2D eigenvalue weighted by Crippen LogP contribution is 2.13. The molecule has 0 amide bonds. The largest absolute Gasteiger partial charge is 0.329 e. The Kier molecular flexibility index (Phi) is 2.49. The number of hydrogen-bond acceptors (Lipinski definition) is 2. The van der Waals surface area contributed by atoms with Crippen LogP contribution in [0.4, 0.5) is 0 Å². The van der Waals surface area contributed by atoms with Crippen LogP contribution in [-0.4, -0.2) is 19.1 Å². The van der Waals surface area contributed by atoms with Crippen molar-refractivity contribution in [3.8, 4) is 0 Å². The Hall–Kier alpha value is -0.0800. The Labute approximate surface area is 56.8 Å². The van der Waals surface area contributed by atoms with Crippen LogP contribution in [0.2, 0.25) is 0 Å². The van der Waals surface area contributed by atoms with Crippen molar-refractivity contribution in [1.29, 1.82) is 0 Å². The van der Waals surface area contributed by atoms with E-state index in [1.54, 1.807) is 0 Å². The third kappa shape index (κ3) is 1.95. The monoisotopic (exact) mass is 128 g/mol. The molecule has 1 aliphatic rings. The van der Waals surface area contributed by atoms with Gasteiger partial charge >= 0.3 is 0 Å². The summed E-state index contributed by atoms with van der Waals surface area (Å²) in [6, 6.07) is 0.591. The van der Waals surface area contributed by atoms with Gasteiger partial charge in [-0.1, -0.05) is 6.92 Å². The van der Waals surface area contributed by atoms with Crippen molar-refractivity contribution in [2.75, 3.05) is 13.1 Å². The van der Waals surface area contributed by atoms with Crippen LogP contribution in [0.3, 0.4) is 0 Å². The van der Waals surface area contributed by atoms with Gasteiger partial charge in [0.2, 0.25) is 0 Å². The molecule has 1 fully saturated rings. The first-order valence-corrected chi connectivity index (χ1v) is 3.76. The lowest BCUT2D eigenvalue weighted by atomic mass is 9.94. The van der Waals surface area contributed by atoms with Crippen LogP contribution in [-0.2, 0) is 0 Å². The molecule has 0 aromatic rings. The molecule has 0 aromatic heterocycles. The zero-order valence-electron chi connectivity index (χ0n) is 6.06. The van der Waals surface area contributed by atoms with Gasteiger partial charge in [-0.15, -0.1) is 0 Å². The molecule has 54 valence electrons. The van der Waals surface area contributed by atoms with Gasteiger partial charge in [-0.3, -0.25) is 0 Å². The first kappa shape index (κ1) is 7.03. The Morgan fingerprint density at radius 2 is 2.44 bits per heavy atom. The molecular weight excluding hydrogens is 112 g/mol. The Morgan fingerprint density at radius 3 is 2.89 bits per heavy atom. The molecule has 1 heterocycles. The van der Waals surface area contributed by atoms with E-state index in [1.807, 2.05) is 0 Å². The molecule has 2 nitrogen and oxygen atoms in total. The number of rotatable bonds is 1. The molecule has 0 saturated carbocycles. The van der Waals surface area contributed by atoms with Gasteiger partial charge in [0.15, 0.2) is 0 Å². The average Bonchev–Trinajstić information content (AvgIpc) is 1.88. The normalized spacial score (nSPS) is 36.7. The van der Waals surface area contributed by atoms with Gasteiger partial charge < -0.3 is 11.1 Å². The molecule has 1 saturated heterocycles. The van der Waals surface area contributed by atoms with Crippen molar-refractivity contribution in [3.05, 3.63) is 0 Å². The van der Waals surface area contributed by atoms with Crippen LogP contribution in [0, 0.1) is 5.92 Å². The predicted octanol–water partition coefficient (Wildman–Crippen LogP) is 0.333. The Morgan fingerprint density at radius 1 is 1.67 bits per heavy atom. The summed E-state index contributed by atoms with van der Waals surface area (Å²) in [5.41, 5.74) is 5.50. The summed E-state index contributed by atoms with van der Waals surface area (Å²) >= 11 is 0. The van der Waals surface area contributed by atoms with Crippen LogP contribution >= 0.6 is 0 Å². The zero-order chi connectivity index (χ0) is 6.69. The number of nitrogens with one attached hydrogen (secondary N) is 1. The van der Waals surface area contributed by atoms with E-state index < -0.39 is 0 Å². The van der Waals surface area contributed by atoms with Crippen molar-refractivity contribution >= 4 is 0 Å². The molecule has 3 N–H and O–H groups in total. The summed E-state index contributed by atoms with van der Waals surface area (Å²) in [5.74, 6) is 0.875. The van der Waals surface area contributed by atoms with Crippen molar-refractivity contribution in [2.24, 2.45) is 11.7 Å². The number of hydrogen-bond donors (Lipinski definition) is 2. The fourth-order valence-electron chi connectivity index (χ4n) is 1.40. The highest BCUT2D eigenvalue weighted by Gasteiger charge is 2.15. The van der Waals surface area contributed by atoms with Crippen molar-refractivity contribution in [3.63, 3.8) is 0 Å². The molecule has 0 spiro atoms. The predicted molar refractivity (Wildman–Crippen MR) is 39.2 cm³/mol. The topological polar surface area (TPSA) is 38.0 Å². The molecule has 9 heavy (non-hydrogen) atoms. The van der Waals surface area contributed by atoms with Gasteiger partial charge in [0.1, 0.15) is 0 Å². The standard InChI is InChI=1S/C7H16N2/c1-6-2-3-9-7(4-6)5-8/h6-7,9H,2-5,8H2,1H3/t6-,7+/m1/s1. The van der Waals surface area contributed by atoms with E-state index in [9.17, 15) is 0 Å². The van der Waals surface area contributed by atoms with E-state index in [4.69, 9.17) is 5.73 Å². The van der Waals surface area contributed by atoms with Crippen LogP contribution < -0.4 is 11.1 Å². The maximum atomic E-state index is 5.50. The van der Waals surface area contributed by atoms with Gasteiger partial charge in [-0.2, -0.15) is 0 Å². The fraction of sp³-hybridized carbons (Fsp3) is 1.00. The zero-order valence-corrected chi connectivity index (χ0v) is 6.06. The lowest BCUT2D eigenvalue weighted by molar-refractivity contribution is 0.325. The Balaban J connectivity index is 2.23. The molecule has 0 aliphatic carbocycles. The maximum Gasteiger partial charge on any atom is 0.0192 e. The molecule has 1 aliphatic heterocycles. The summed E-state index contributed by atoms with van der Waals surface area (Å²) in [4.78, 5) is 0.